The molecule has 1 heterocycles. The molecule has 7 nitrogen and oxygen atoms in total. The zero-order valence-electron chi connectivity index (χ0n) is 20.9. The monoisotopic (exact) mass is 516 g/mol. The minimum atomic E-state index is -3.93. The van der Waals surface area contributed by atoms with Crippen LogP contribution in [0.1, 0.15) is 63.9 Å². The van der Waals surface area contributed by atoms with Gasteiger partial charge in [0.05, 0.1) is 13.7 Å². The molecule has 2 aliphatic rings. The maximum absolute atomic E-state index is 13.4. The number of esters is 1. The number of hydrogen-bond donors (Lipinski definition) is 1. The Kier molecular flexibility index (Phi) is 9.51. The van der Waals surface area contributed by atoms with E-state index in [9.17, 15) is 22.0 Å². The summed E-state index contributed by atoms with van der Waals surface area (Å²) in [5.74, 6) is -2.46. The van der Waals surface area contributed by atoms with E-state index < -0.39 is 28.0 Å². The molecule has 1 saturated carbocycles. The lowest BCUT2D eigenvalue weighted by Gasteiger charge is -2.29. The lowest BCUT2D eigenvalue weighted by Crippen LogP contribution is -2.41. The molecule has 0 spiro atoms. The molecule has 0 aromatic heterocycles. The van der Waals surface area contributed by atoms with Crippen molar-refractivity contribution in [2.24, 2.45) is 5.92 Å². The van der Waals surface area contributed by atoms with Crippen LogP contribution < -0.4 is 10.1 Å². The van der Waals surface area contributed by atoms with E-state index in [0.717, 1.165) is 24.9 Å². The molecular weight excluding hydrogens is 478 g/mol. The number of sulfonamides is 1. The Morgan fingerprint density at radius 1 is 1.23 bits per heavy atom. The second kappa shape index (κ2) is 12.0. The van der Waals surface area contributed by atoms with Gasteiger partial charge in [-0.2, -0.15) is 4.31 Å². The van der Waals surface area contributed by atoms with Gasteiger partial charge in [0, 0.05) is 25.4 Å². The Hall–Kier alpha value is -1.78. The van der Waals surface area contributed by atoms with E-state index in [-0.39, 0.29) is 36.1 Å². The van der Waals surface area contributed by atoms with Gasteiger partial charge in [0.2, 0.25) is 15.9 Å². The molecular formula is C25H38F2N2O5S. The van der Waals surface area contributed by atoms with E-state index in [2.05, 4.69) is 12.2 Å². The van der Waals surface area contributed by atoms with Crippen LogP contribution in [0.25, 0.3) is 0 Å². The quantitative estimate of drug-likeness (QED) is 0.442. The molecule has 1 aliphatic heterocycles. The van der Waals surface area contributed by atoms with Crippen LogP contribution in [0.5, 0.6) is 5.75 Å². The highest BCUT2D eigenvalue weighted by Gasteiger charge is 2.41. The molecule has 1 aromatic rings. The van der Waals surface area contributed by atoms with Crippen molar-refractivity contribution in [3.63, 3.8) is 0 Å². The Bertz CT molecular complexity index is 963. The molecule has 2 fully saturated rings. The van der Waals surface area contributed by atoms with Gasteiger partial charge in [-0.05, 0) is 75.6 Å². The zero-order valence-corrected chi connectivity index (χ0v) is 21.7. The van der Waals surface area contributed by atoms with Crippen molar-refractivity contribution >= 4 is 16.0 Å². The van der Waals surface area contributed by atoms with Crippen LogP contribution in [-0.4, -0.2) is 63.5 Å². The summed E-state index contributed by atoms with van der Waals surface area (Å²) < 4.78 is 65.4. The number of ether oxygens (including phenoxy) is 2. The third-order valence-corrected chi connectivity index (χ3v) is 8.97. The highest BCUT2D eigenvalue weighted by Crippen LogP contribution is 2.34. The molecule has 198 valence electrons. The van der Waals surface area contributed by atoms with Crippen molar-refractivity contribution in [1.82, 2.24) is 9.62 Å². The molecule has 1 saturated heterocycles. The van der Waals surface area contributed by atoms with E-state index in [1.165, 1.54) is 17.5 Å². The zero-order chi connectivity index (χ0) is 25.6. The number of carbonyl (C=O) groups is 1. The molecule has 3 rings (SSSR count). The summed E-state index contributed by atoms with van der Waals surface area (Å²) in [6.07, 6.45) is 3.54. The fourth-order valence-corrected chi connectivity index (χ4v) is 6.52. The SMILES string of the molecule is COC(=O)[C@@H]1CCCN1S(=O)(=O)c1ccc(C)cc1OCC[C@@H](C)CCNC1CCC(F)(F)CC1. The first kappa shape index (κ1) is 27.8. The lowest BCUT2D eigenvalue weighted by atomic mass is 9.92. The van der Waals surface area contributed by atoms with Crippen LogP contribution in [0.4, 0.5) is 8.78 Å². The highest BCUT2D eigenvalue weighted by atomic mass is 32.2. The summed E-state index contributed by atoms with van der Waals surface area (Å²) in [6.45, 7) is 5.33. The van der Waals surface area contributed by atoms with Gasteiger partial charge in [-0.3, -0.25) is 4.79 Å². The molecule has 0 bridgehead atoms. The summed E-state index contributed by atoms with van der Waals surface area (Å²) in [5, 5.41) is 3.39. The van der Waals surface area contributed by atoms with E-state index in [1.807, 2.05) is 6.92 Å². The molecule has 10 heteroatoms. The summed E-state index contributed by atoms with van der Waals surface area (Å²) >= 11 is 0. The van der Waals surface area contributed by atoms with E-state index >= 15 is 0 Å². The normalized spacial score (nSPS) is 22.1. The van der Waals surface area contributed by atoms with Crippen LogP contribution in [-0.2, 0) is 19.6 Å². The van der Waals surface area contributed by atoms with Crippen molar-refractivity contribution in [3.05, 3.63) is 23.8 Å². The van der Waals surface area contributed by atoms with Crippen molar-refractivity contribution in [2.45, 2.75) is 88.1 Å². The average molecular weight is 517 g/mol. The minimum absolute atomic E-state index is 0.0480. The summed E-state index contributed by atoms with van der Waals surface area (Å²) in [6, 6.07) is 4.30. The number of hydrogen-bond acceptors (Lipinski definition) is 6. The van der Waals surface area contributed by atoms with Crippen molar-refractivity contribution in [3.8, 4) is 5.75 Å². The first-order valence-electron chi connectivity index (χ1n) is 12.5. The van der Waals surface area contributed by atoms with Crippen LogP contribution in [0.3, 0.4) is 0 Å². The van der Waals surface area contributed by atoms with Crippen LogP contribution in [0, 0.1) is 12.8 Å². The average Bonchev–Trinajstić information content (AvgIpc) is 3.31. The Morgan fingerprint density at radius 2 is 1.94 bits per heavy atom. The predicted molar refractivity (Wildman–Crippen MR) is 129 cm³/mol. The van der Waals surface area contributed by atoms with Gasteiger partial charge >= 0.3 is 5.97 Å². The second-order valence-corrected chi connectivity index (χ2v) is 11.7. The van der Waals surface area contributed by atoms with E-state index in [0.29, 0.717) is 38.2 Å². The predicted octanol–water partition coefficient (Wildman–Crippen LogP) is 4.28. The Labute approximate surface area is 207 Å². The maximum atomic E-state index is 13.4. The number of rotatable bonds is 11. The molecule has 0 radical (unpaired) electrons. The third kappa shape index (κ3) is 7.36. The van der Waals surface area contributed by atoms with Gasteiger partial charge in [0.1, 0.15) is 16.7 Å². The number of methoxy groups -OCH3 is 1. The summed E-state index contributed by atoms with van der Waals surface area (Å²) in [4.78, 5) is 12.2. The molecule has 1 aliphatic carbocycles. The molecule has 1 N–H and O–H groups in total. The summed E-state index contributed by atoms with van der Waals surface area (Å²) in [5.41, 5.74) is 0.875. The topological polar surface area (TPSA) is 84.9 Å². The first-order valence-corrected chi connectivity index (χ1v) is 13.9. The second-order valence-electron chi connectivity index (χ2n) is 9.86. The van der Waals surface area contributed by atoms with Gasteiger partial charge in [-0.25, -0.2) is 17.2 Å². The standard InChI is InChI=1S/C25H38F2N2O5S/c1-18(10-14-28-20-8-12-25(26,27)13-9-20)11-16-34-22-17-19(2)6-7-23(22)35(31,32)29-15-4-5-21(29)24(30)33-3/h6-7,17-18,20-21,28H,4-5,8-16H2,1-3H3/t18-,21-/m0/s1. The molecule has 2 atom stereocenters. The van der Waals surface area contributed by atoms with Crippen molar-refractivity contribution < 1.29 is 31.5 Å². The third-order valence-electron chi connectivity index (χ3n) is 7.02. The van der Waals surface area contributed by atoms with Gasteiger partial charge in [0.15, 0.2) is 0 Å². The molecule has 1 aromatic carbocycles. The van der Waals surface area contributed by atoms with Crippen LogP contribution in [0.2, 0.25) is 0 Å². The molecule has 35 heavy (non-hydrogen) atoms. The number of halogens is 2. The van der Waals surface area contributed by atoms with E-state index in [4.69, 9.17) is 9.47 Å². The number of nitrogens with one attached hydrogen (secondary N) is 1. The fraction of sp³-hybridized carbons (Fsp3) is 0.720. The number of alkyl halides is 2. The first-order chi connectivity index (χ1) is 16.5. The minimum Gasteiger partial charge on any atom is -0.492 e. The number of benzene rings is 1. The van der Waals surface area contributed by atoms with Crippen molar-refractivity contribution in [1.29, 1.82) is 0 Å². The van der Waals surface area contributed by atoms with Gasteiger partial charge in [-0.1, -0.05) is 13.0 Å². The highest BCUT2D eigenvalue weighted by molar-refractivity contribution is 7.89. The fourth-order valence-electron chi connectivity index (χ4n) is 4.76. The number of carbonyl (C=O) groups excluding carboxylic acids is 1. The van der Waals surface area contributed by atoms with Crippen LogP contribution in [0.15, 0.2) is 23.1 Å². The molecule has 0 amide bonds. The molecule has 0 unspecified atom stereocenters. The van der Waals surface area contributed by atoms with E-state index in [1.54, 1.807) is 12.1 Å². The van der Waals surface area contributed by atoms with Gasteiger partial charge in [-0.15, -0.1) is 0 Å². The Balaban J connectivity index is 1.53. The Morgan fingerprint density at radius 3 is 2.63 bits per heavy atom. The maximum Gasteiger partial charge on any atom is 0.324 e. The number of aryl methyl sites for hydroxylation is 1. The van der Waals surface area contributed by atoms with Crippen molar-refractivity contribution in [2.75, 3.05) is 26.8 Å². The lowest BCUT2D eigenvalue weighted by molar-refractivity contribution is -0.144. The summed E-state index contributed by atoms with van der Waals surface area (Å²) in [7, 11) is -2.67. The largest absolute Gasteiger partial charge is 0.492 e. The smallest absolute Gasteiger partial charge is 0.324 e. The van der Waals surface area contributed by atoms with Gasteiger partial charge in [0.25, 0.3) is 0 Å². The number of nitrogens with zero attached hydrogens (tertiary/aromatic N) is 1. The van der Waals surface area contributed by atoms with Gasteiger partial charge < -0.3 is 14.8 Å². The van der Waals surface area contributed by atoms with Crippen LogP contribution >= 0.6 is 0 Å².